The minimum absolute atomic E-state index is 0.00415. The molecule has 1 heterocycles. The molecule has 0 aliphatic rings. The van der Waals surface area contributed by atoms with Gasteiger partial charge in [-0.1, -0.05) is 18.2 Å². The largest absolute Gasteiger partial charge is 0.382 e. The molecule has 0 aliphatic heterocycles. The second-order valence-electron chi connectivity index (χ2n) is 6.77. The molecule has 0 saturated carbocycles. The minimum Gasteiger partial charge on any atom is -0.382 e. The van der Waals surface area contributed by atoms with Crippen molar-refractivity contribution < 1.29 is 13.2 Å². The summed E-state index contributed by atoms with van der Waals surface area (Å²) in [6, 6.07) is 7.38. The number of aromatic amines is 1. The van der Waals surface area contributed by atoms with E-state index < -0.39 is 22.0 Å². The maximum Gasteiger partial charge on any atom is 0.239 e. The lowest BCUT2D eigenvalue weighted by atomic mass is 9.97. The minimum atomic E-state index is -4.34. The summed E-state index contributed by atoms with van der Waals surface area (Å²) >= 11 is 0.880. The number of H-pyrrole nitrogens is 1. The van der Waals surface area contributed by atoms with E-state index in [0.29, 0.717) is 22.2 Å². The van der Waals surface area contributed by atoms with Gasteiger partial charge in [-0.05, 0) is 29.6 Å². The standard InChI is InChI=1S/C17H23N11O3S2/c18-9(16(20)29)6-24-32-11-5-4-7(8-2-1-3-10-13(8)26-17(21)25-10)12(15(19)27-28-22)14(11)33(23,30)31/h1-5,9,24,28H,6,18,22H2,(H2,19,27)(H2,20,29)(H3,21,25,26)(H2,23,30,31)/t9-/m0/s1. The number of hydrazine groups is 1. The molecule has 0 aliphatic carbocycles. The number of anilines is 1. The molecule has 2 aromatic carbocycles. The number of benzene rings is 2. The first-order valence-electron chi connectivity index (χ1n) is 9.22. The predicted molar refractivity (Wildman–Crippen MR) is 126 cm³/mol. The number of nitrogens with zero attached hydrogens (tertiary/aromatic N) is 2. The fourth-order valence-electron chi connectivity index (χ4n) is 3.11. The summed E-state index contributed by atoms with van der Waals surface area (Å²) < 4.78 is 28.1. The van der Waals surface area contributed by atoms with Gasteiger partial charge in [-0.2, -0.15) is 0 Å². The summed E-state index contributed by atoms with van der Waals surface area (Å²) in [6.45, 7) is -0.0269. The number of hydrogen-bond donors (Lipinski definition) is 9. The van der Waals surface area contributed by atoms with Crippen molar-refractivity contribution in [2.24, 2.45) is 33.3 Å². The first-order valence-corrected chi connectivity index (χ1v) is 11.6. The van der Waals surface area contributed by atoms with Gasteiger partial charge in [-0.15, -0.1) is 5.10 Å². The number of primary sulfonamides is 1. The second-order valence-corrected chi connectivity index (χ2v) is 9.20. The Hall–Kier alpha value is -3.41. The predicted octanol–water partition coefficient (Wildman–Crippen LogP) is -2.05. The number of carbonyl (C=O) groups is 1. The van der Waals surface area contributed by atoms with Gasteiger partial charge in [0.2, 0.25) is 15.9 Å². The normalized spacial score (nSPS) is 13.2. The van der Waals surface area contributed by atoms with Crippen LogP contribution in [0.4, 0.5) is 5.95 Å². The third-order valence-electron chi connectivity index (χ3n) is 4.52. The Kier molecular flexibility index (Phi) is 7.06. The van der Waals surface area contributed by atoms with Gasteiger partial charge in [0.15, 0.2) is 11.8 Å². The Morgan fingerprint density at radius 3 is 2.58 bits per heavy atom. The van der Waals surface area contributed by atoms with E-state index in [1.54, 1.807) is 24.3 Å². The average molecular weight is 494 g/mol. The highest BCUT2D eigenvalue weighted by Gasteiger charge is 2.27. The first-order chi connectivity index (χ1) is 15.5. The Morgan fingerprint density at radius 2 is 1.94 bits per heavy atom. The van der Waals surface area contributed by atoms with Crippen molar-refractivity contribution in [2.75, 3.05) is 12.3 Å². The molecule has 33 heavy (non-hydrogen) atoms. The molecule has 0 spiro atoms. The number of hydrogen-bond acceptors (Lipinski definition) is 11. The highest BCUT2D eigenvalue weighted by molar-refractivity contribution is 7.98. The molecule has 1 aromatic heterocycles. The topological polar surface area (TPSA) is 272 Å². The maximum absolute atomic E-state index is 12.7. The number of hydrazone groups is 1. The zero-order chi connectivity index (χ0) is 24.3. The highest BCUT2D eigenvalue weighted by atomic mass is 32.2. The van der Waals surface area contributed by atoms with E-state index in [0.717, 1.165) is 11.9 Å². The Labute approximate surface area is 192 Å². The van der Waals surface area contributed by atoms with E-state index in [2.05, 4.69) is 19.8 Å². The lowest BCUT2D eigenvalue weighted by molar-refractivity contribution is -0.119. The average Bonchev–Trinajstić information content (AvgIpc) is 3.12. The number of para-hydroxylation sites is 1. The van der Waals surface area contributed by atoms with Crippen molar-refractivity contribution in [3.63, 3.8) is 0 Å². The Bertz CT molecular complexity index is 1340. The van der Waals surface area contributed by atoms with Crippen LogP contribution >= 0.6 is 11.9 Å². The molecule has 0 radical (unpaired) electrons. The van der Waals surface area contributed by atoms with Crippen LogP contribution in [0.25, 0.3) is 22.2 Å². The Morgan fingerprint density at radius 1 is 1.21 bits per heavy atom. The molecule has 176 valence electrons. The molecule has 0 saturated heterocycles. The van der Waals surface area contributed by atoms with Crippen LogP contribution in [-0.2, 0) is 14.8 Å². The summed E-state index contributed by atoms with van der Waals surface area (Å²) in [6.07, 6.45) is 0. The quantitative estimate of drug-likeness (QED) is 0.0514. The first kappa shape index (κ1) is 24.2. The third kappa shape index (κ3) is 5.16. The van der Waals surface area contributed by atoms with Crippen molar-refractivity contribution in [3.05, 3.63) is 35.9 Å². The molecule has 15 N–H and O–H groups in total. The molecule has 3 aromatic rings. The van der Waals surface area contributed by atoms with E-state index in [4.69, 9.17) is 33.9 Å². The number of amidine groups is 1. The van der Waals surface area contributed by atoms with Crippen LogP contribution in [0.5, 0.6) is 0 Å². The van der Waals surface area contributed by atoms with E-state index in [1.165, 1.54) is 6.07 Å². The van der Waals surface area contributed by atoms with E-state index in [-0.39, 0.29) is 33.7 Å². The number of imidazole rings is 1. The SMILES string of the molecule is NN/N=C(\N)c1c(-c2cccc3[nH]c(N)nc23)ccc(SNC[C@H](N)C(N)=O)c1S(N)(=O)=O. The number of amides is 1. The van der Waals surface area contributed by atoms with Crippen LogP contribution in [0, 0.1) is 0 Å². The van der Waals surface area contributed by atoms with Crippen LogP contribution in [0.2, 0.25) is 0 Å². The van der Waals surface area contributed by atoms with E-state index in [9.17, 15) is 13.2 Å². The zero-order valence-electron chi connectivity index (χ0n) is 17.1. The summed E-state index contributed by atoms with van der Waals surface area (Å²) in [5, 5.41) is 9.32. The smallest absolute Gasteiger partial charge is 0.239 e. The van der Waals surface area contributed by atoms with Gasteiger partial charge in [0.05, 0.1) is 17.1 Å². The van der Waals surface area contributed by atoms with Gasteiger partial charge in [0, 0.05) is 22.6 Å². The van der Waals surface area contributed by atoms with Crippen molar-refractivity contribution in [1.29, 1.82) is 0 Å². The number of rotatable bonds is 9. The lowest BCUT2D eigenvalue weighted by Gasteiger charge is -2.18. The zero-order valence-corrected chi connectivity index (χ0v) is 18.7. The van der Waals surface area contributed by atoms with Crippen LogP contribution in [0.15, 0.2) is 45.2 Å². The molecule has 1 atom stereocenters. The Balaban J connectivity index is 2.25. The molecule has 0 fully saturated rings. The number of sulfonamides is 1. The summed E-state index contributed by atoms with van der Waals surface area (Å²) in [5.74, 6) is 4.50. The number of nitrogen functional groups attached to an aromatic ring is 1. The van der Waals surface area contributed by atoms with Crippen molar-refractivity contribution >= 4 is 50.7 Å². The molecule has 1 amide bonds. The fraction of sp³-hybridized carbons (Fsp3) is 0.118. The fourth-order valence-corrected chi connectivity index (χ4v) is 5.18. The van der Waals surface area contributed by atoms with Crippen molar-refractivity contribution in [3.8, 4) is 11.1 Å². The van der Waals surface area contributed by atoms with Gasteiger partial charge >= 0.3 is 0 Å². The number of nitrogens with one attached hydrogen (secondary N) is 3. The number of primary amides is 1. The maximum atomic E-state index is 12.7. The van der Waals surface area contributed by atoms with Gasteiger partial charge < -0.3 is 27.9 Å². The number of nitrogens with two attached hydrogens (primary N) is 6. The van der Waals surface area contributed by atoms with E-state index in [1.807, 2.05) is 5.53 Å². The number of aromatic nitrogens is 2. The van der Waals surface area contributed by atoms with Crippen LogP contribution < -0.4 is 44.2 Å². The third-order valence-corrected chi connectivity index (χ3v) is 6.51. The number of fused-ring (bicyclic) bond motifs is 1. The summed E-state index contributed by atoms with van der Waals surface area (Å²) in [4.78, 5) is 18.2. The van der Waals surface area contributed by atoms with Gasteiger partial charge in [0.25, 0.3) is 0 Å². The second kappa shape index (κ2) is 9.61. The molecule has 0 unspecified atom stereocenters. The van der Waals surface area contributed by atoms with Crippen molar-refractivity contribution in [1.82, 2.24) is 20.2 Å². The van der Waals surface area contributed by atoms with Crippen LogP contribution in [0.1, 0.15) is 5.56 Å². The van der Waals surface area contributed by atoms with Gasteiger partial charge in [-0.25, -0.2) is 29.9 Å². The molecule has 14 nitrogen and oxygen atoms in total. The summed E-state index contributed by atoms with van der Waals surface area (Å²) in [5.41, 5.74) is 26.7. The molecule has 0 bridgehead atoms. The summed E-state index contributed by atoms with van der Waals surface area (Å²) in [7, 11) is -4.34. The molecule has 3 rings (SSSR count). The highest BCUT2D eigenvalue weighted by Crippen LogP contribution is 2.37. The molecular weight excluding hydrogens is 470 g/mol. The number of carbonyl (C=O) groups excluding carboxylic acids is 1. The molecule has 16 heteroatoms. The van der Waals surface area contributed by atoms with E-state index >= 15 is 0 Å². The molecular formula is C17H23N11O3S2. The van der Waals surface area contributed by atoms with Crippen LogP contribution in [0.3, 0.4) is 0 Å². The van der Waals surface area contributed by atoms with Crippen LogP contribution in [-0.4, -0.2) is 42.7 Å². The van der Waals surface area contributed by atoms with Gasteiger partial charge in [-0.3, -0.25) is 9.52 Å². The lowest BCUT2D eigenvalue weighted by Crippen LogP contribution is -2.42. The monoisotopic (exact) mass is 493 g/mol. The van der Waals surface area contributed by atoms with Gasteiger partial charge in [0.1, 0.15) is 4.90 Å². The van der Waals surface area contributed by atoms with Crippen molar-refractivity contribution in [2.45, 2.75) is 15.8 Å².